The van der Waals surface area contributed by atoms with Crippen LogP contribution in [-0.4, -0.2) is 28.9 Å². The zero-order valence-corrected chi connectivity index (χ0v) is 15.2. The van der Waals surface area contributed by atoms with Crippen molar-refractivity contribution in [3.63, 3.8) is 0 Å². The van der Waals surface area contributed by atoms with Crippen LogP contribution in [0.5, 0.6) is 0 Å². The van der Waals surface area contributed by atoms with E-state index >= 15 is 0 Å². The molecule has 3 aromatic rings. The van der Waals surface area contributed by atoms with Crippen molar-refractivity contribution < 1.29 is 9.21 Å². The molecule has 0 saturated carbocycles. The van der Waals surface area contributed by atoms with Crippen molar-refractivity contribution in [3.8, 4) is 11.5 Å². The number of hydrogen-bond donors (Lipinski definition) is 1. The van der Waals surface area contributed by atoms with Gasteiger partial charge in [0.25, 0.3) is 0 Å². The molecule has 1 saturated heterocycles. The molecule has 1 unspecified atom stereocenters. The largest absolute Gasteiger partial charge is 0.463 e. The fraction of sp³-hybridized carbons (Fsp3) is 0.300. The molecular formula is C20H21N3O2S. The summed E-state index contributed by atoms with van der Waals surface area (Å²) in [4.78, 5) is 19.5. The third-order valence-corrected chi connectivity index (χ3v) is 5.39. The Kier molecular flexibility index (Phi) is 5.13. The van der Waals surface area contributed by atoms with Crippen molar-refractivity contribution in [2.24, 2.45) is 5.92 Å². The maximum atomic E-state index is 12.7. The normalized spacial score (nSPS) is 17.9. The number of carbonyl (C=O) groups excluding carboxylic acids is 1. The Morgan fingerprint density at radius 2 is 2.15 bits per heavy atom. The van der Waals surface area contributed by atoms with Crippen LogP contribution in [0.3, 0.4) is 0 Å². The number of furan rings is 1. The van der Waals surface area contributed by atoms with Crippen molar-refractivity contribution >= 4 is 22.4 Å². The van der Waals surface area contributed by atoms with Gasteiger partial charge < -0.3 is 9.73 Å². The minimum Gasteiger partial charge on any atom is -0.463 e. The molecule has 0 spiro atoms. The quantitative estimate of drug-likeness (QED) is 0.732. The predicted molar refractivity (Wildman–Crippen MR) is 103 cm³/mol. The summed E-state index contributed by atoms with van der Waals surface area (Å²) < 4.78 is 5.35. The minimum atomic E-state index is 0.00317. The van der Waals surface area contributed by atoms with Crippen molar-refractivity contribution in [2.75, 3.05) is 18.4 Å². The molecule has 6 heteroatoms. The number of amides is 1. The van der Waals surface area contributed by atoms with Gasteiger partial charge in [0.2, 0.25) is 5.91 Å². The molecule has 2 aromatic heterocycles. The van der Waals surface area contributed by atoms with E-state index < -0.39 is 0 Å². The van der Waals surface area contributed by atoms with Gasteiger partial charge in [-0.05, 0) is 37.1 Å². The minimum absolute atomic E-state index is 0.00317. The van der Waals surface area contributed by atoms with E-state index in [1.165, 1.54) is 16.9 Å². The summed E-state index contributed by atoms with van der Waals surface area (Å²) in [5, 5.41) is 5.50. The van der Waals surface area contributed by atoms with Crippen molar-refractivity contribution in [3.05, 3.63) is 59.7 Å². The lowest BCUT2D eigenvalue weighted by Gasteiger charge is -2.31. The van der Waals surface area contributed by atoms with E-state index in [9.17, 15) is 4.79 Å². The average molecular weight is 367 g/mol. The second-order valence-corrected chi connectivity index (χ2v) is 7.42. The third-order valence-electron chi connectivity index (χ3n) is 4.63. The summed E-state index contributed by atoms with van der Waals surface area (Å²) in [7, 11) is 0. The van der Waals surface area contributed by atoms with Crippen LogP contribution >= 0.6 is 11.3 Å². The van der Waals surface area contributed by atoms with Crippen LogP contribution in [0.2, 0.25) is 0 Å². The second-order valence-electron chi connectivity index (χ2n) is 6.56. The number of piperidine rings is 1. The van der Waals surface area contributed by atoms with E-state index in [2.05, 4.69) is 39.5 Å². The number of anilines is 1. The van der Waals surface area contributed by atoms with Crippen LogP contribution in [0, 0.1) is 5.92 Å². The molecule has 1 atom stereocenters. The van der Waals surface area contributed by atoms with E-state index in [1.807, 2.05) is 23.6 Å². The van der Waals surface area contributed by atoms with Gasteiger partial charge in [-0.3, -0.25) is 9.69 Å². The van der Waals surface area contributed by atoms with E-state index in [0.717, 1.165) is 38.2 Å². The first-order valence-corrected chi connectivity index (χ1v) is 9.72. The molecule has 4 rings (SSSR count). The Morgan fingerprint density at radius 3 is 2.96 bits per heavy atom. The standard InChI is InChI=1S/C20H21N3O2S/c24-19(22-20-21-17(14-26-20)18-9-5-11-25-18)16-8-4-10-23(13-16)12-15-6-2-1-3-7-15/h1-3,5-7,9,11,14,16H,4,8,10,12-13H2,(H,21,22,24). The van der Waals surface area contributed by atoms with Crippen molar-refractivity contribution in [1.82, 2.24) is 9.88 Å². The van der Waals surface area contributed by atoms with Crippen molar-refractivity contribution in [2.45, 2.75) is 19.4 Å². The molecular weight excluding hydrogens is 346 g/mol. The molecule has 1 fully saturated rings. The molecule has 1 N–H and O–H groups in total. The summed E-state index contributed by atoms with van der Waals surface area (Å²) in [5.74, 6) is 0.778. The van der Waals surface area contributed by atoms with Crippen LogP contribution in [0.1, 0.15) is 18.4 Å². The highest BCUT2D eigenvalue weighted by atomic mass is 32.1. The number of benzene rings is 1. The SMILES string of the molecule is O=C(Nc1nc(-c2ccco2)cs1)C1CCCN(Cc2ccccc2)C1. The summed E-state index contributed by atoms with van der Waals surface area (Å²) in [6.07, 6.45) is 3.59. The highest BCUT2D eigenvalue weighted by Crippen LogP contribution is 2.26. The first-order valence-electron chi connectivity index (χ1n) is 8.84. The van der Waals surface area contributed by atoms with Gasteiger partial charge >= 0.3 is 0 Å². The fourth-order valence-corrected chi connectivity index (χ4v) is 4.03. The lowest BCUT2D eigenvalue weighted by molar-refractivity contribution is -0.121. The van der Waals surface area contributed by atoms with Gasteiger partial charge in [-0.15, -0.1) is 11.3 Å². The monoisotopic (exact) mass is 367 g/mol. The summed E-state index contributed by atoms with van der Waals surface area (Å²) in [6.45, 7) is 2.72. The highest BCUT2D eigenvalue weighted by molar-refractivity contribution is 7.14. The molecule has 0 aliphatic carbocycles. The topological polar surface area (TPSA) is 58.4 Å². The van der Waals surface area contributed by atoms with E-state index in [4.69, 9.17) is 4.42 Å². The molecule has 26 heavy (non-hydrogen) atoms. The zero-order chi connectivity index (χ0) is 17.8. The van der Waals surface area contributed by atoms with E-state index in [0.29, 0.717) is 10.9 Å². The Bertz CT molecular complexity index is 845. The van der Waals surface area contributed by atoms with Gasteiger partial charge in [-0.1, -0.05) is 30.3 Å². The first-order chi connectivity index (χ1) is 12.8. The molecule has 1 aliphatic rings. The molecule has 1 aliphatic heterocycles. The zero-order valence-electron chi connectivity index (χ0n) is 14.4. The van der Waals surface area contributed by atoms with Crippen LogP contribution in [0.15, 0.2) is 58.5 Å². The summed E-state index contributed by atoms with van der Waals surface area (Å²) in [5.41, 5.74) is 2.04. The summed E-state index contributed by atoms with van der Waals surface area (Å²) >= 11 is 1.43. The molecule has 0 radical (unpaired) electrons. The van der Waals surface area contributed by atoms with E-state index in [-0.39, 0.29) is 11.8 Å². The maximum Gasteiger partial charge on any atom is 0.230 e. The number of nitrogens with zero attached hydrogens (tertiary/aromatic N) is 2. The predicted octanol–water partition coefficient (Wildman–Crippen LogP) is 4.25. The Labute approximate surface area is 156 Å². The Balaban J connectivity index is 1.35. The smallest absolute Gasteiger partial charge is 0.230 e. The van der Waals surface area contributed by atoms with Crippen LogP contribution in [0.25, 0.3) is 11.5 Å². The highest BCUT2D eigenvalue weighted by Gasteiger charge is 2.26. The number of aromatic nitrogens is 1. The second kappa shape index (κ2) is 7.85. The first kappa shape index (κ1) is 17.0. The van der Waals surface area contributed by atoms with Gasteiger partial charge in [0.15, 0.2) is 10.9 Å². The van der Waals surface area contributed by atoms with E-state index in [1.54, 1.807) is 6.26 Å². The molecule has 134 valence electrons. The Hall–Kier alpha value is -2.44. The number of nitrogens with one attached hydrogen (secondary N) is 1. The lowest BCUT2D eigenvalue weighted by Crippen LogP contribution is -2.40. The van der Waals surface area contributed by atoms with Crippen molar-refractivity contribution in [1.29, 1.82) is 0 Å². The van der Waals surface area contributed by atoms with Gasteiger partial charge in [0, 0.05) is 18.5 Å². The molecule has 3 heterocycles. The Morgan fingerprint density at radius 1 is 1.27 bits per heavy atom. The number of rotatable bonds is 5. The number of thiazole rings is 1. The van der Waals surface area contributed by atoms with Crippen LogP contribution in [-0.2, 0) is 11.3 Å². The molecule has 0 bridgehead atoms. The lowest BCUT2D eigenvalue weighted by atomic mass is 9.97. The number of carbonyl (C=O) groups is 1. The fourth-order valence-electron chi connectivity index (χ4n) is 3.33. The molecule has 5 nitrogen and oxygen atoms in total. The number of hydrogen-bond acceptors (Lipinski definition) is 5. The van der Waals surface area contributed by atoms with Gasteiger partial charge in [-0.2, -0.15) is 0 Å². The summed E-state index contributed by atoms with van der Waals surface area (Å²) in [6, 6.07) is 14.1. The van der Waals surface area contributed by atoms with Gasteiger partial charge in [-0.25, -0.2) is 4.98 Å². The van der Waals surface area contributed by atoms with Crippen LogP contribution < -0.4 is 5.32 Å². The molecule has 1 amide bonds. The molecule has 1 aromatic carbocycles. The average Bonchev–Trinajstić information content (AvgIpc) is 3.34. The third kappa shape index (κ3) is 4.03. The van der Waals surface area contributed by atoms with Gasteiger partial charge in [0.1, 0.15) is 5.69 Å². The number of likely N-dealkylation sites (tertiary alicyclic amines) is 1. The van der Waals surface area contributed by atoms with Crippen LogP contribution in [0.4, 0.5) is 5.13 Å². The maximum absolute atomic E-state index is 12.7. The van der Waals surface area contributed by atoms with Gasteiger partial charge in [0.05, 0.1) is 12.2 Å².